The smallest absolute Gasteiger partial charge is 0.298 e. The maximum atomic E-state index is 10.8. The summed E-state index contributed by atoms with van der Waals surface area (Å²) in [6, 6.07) is 14.2. The average molecular weight is 439 g/mol. The van der Waals surface area contributed by atoms with E-state index >= 15 is 0 Å². The molecule has 1 atom stereocenters. The number of allylic oxidation sites excluding steroid dienone is 1. The summed E-state index contributed by atoms with van der Waals surface area (Å²) in [5.74, 6) is 0.631. The number of carbonyl (C=O) groups excluding carboxylic acids is 1. The number of carbonyl (C=O) groups is 1. The second kappa shape index (κ2) is 16.8. The van der Waals surface area contributed by atoms with Gasteiger partial charge in [-0.25, -0.2) is 0 Å². The van der Waals surface area contributed by atoms with Crippen LogP contribution in [-0.2, 0) is 4.79 Å². The normalized spacial score (nSPS) is 11.9. The number of nitrogens with one attached hydrogen (secondary N) is 1. The Balaban J connectivity index is 0.00000227. The summed E-state index contributed by atoms with van der Waals surface area (Å²) in [5, 5.41) is 3.04. The molecule has 0 saturated carbocycles. The first-order valence-corrected chi connectivity index (χ1v) is 11.7. The van der Waals surface area contributed by atoms with Gasteiger partial charge in [0, 0.05) is 24.2 Å². The lowest BCUT2D eigenvalue weighted by Crippen LogP contribution is -2.00. The summed E-state index contributed by atoms with van der Waals surface area (Å²) >= 11 is 0. The van der Waals surface area contributed by atoms with Crippen molar-refractivity contribution in [3.05, 3.63) is 65.2 Å². The molecule has 32 heavy (non-hydrogen) atoms. The second-order valence-electron chi connectivity index (χ2n) is 6.97. The molecule has 0 bridgehead atoms. The first-order valence-electron chi connectivity index (χ1n) is 11.7. The number of ether oxygens (including phenoxy) is 1. The van der Waals surface area contributed by atoms with E-state index in [-0.39, 0.29) is 5.92 Å². The number of benzene rings is 2. The fraction of sp³-hybridized carbons (Fsp3) is 0.429. The molecule has 0 spiro atoms. The van der Waals surface area contributed by atoms with E-state index in [1.165, 1.54) is 5.56 Å². The van der Waals surface area contributed by atoms with Gasteiger partial charge in [-0.05, 0) is 43.5 Å². The topological polar surface area (TPSA) is 50.7 Å². The molecule has 176 valence electrons. The van der Waals surface area contributed by atoms with Crippen LogP contribution >= 0.6 is 0 Å². The van der Waals surface area contributed by atoms with E-state index < -0.39 is 0 Å². The molecule has 1 N–H and O–H groups in total. The van der Waals surface area contributed by atoms with Gasteiger partial charge < -0.3 is 10.1 Å². The first kappa shape index (κ1) is 29.1. The van der Waals surface area contributed by atoms with Gasteiger partial charge in [-0.2, -0.15) is 0 Å². The second-order valence-corrected chi connectivity index (χ2v) is 6.97. The van der Waals surface area contributed by atoms with Crippen LogP contribution in [0.15, 0.2) is 53.5 Å². The molecular formula is C28H42N2O2. The predicted octanol–water partition coefficient (Wildman–Crippen LogP) is 8.03. The number of anilines is 1. The minimum atomic E-state index is 0.104. The van der Waals surface area contributed by atoms with Crippen molar-refractivity contribution in [2.75, 3.05) is 12.4 Å². The van der Waals surface area contributed by atoms with Gasteiger partial charge in [-0.3, -0.25) is 9.79 Å². The summed E-state index contributed by atoms with van der Waals surface area (Å²) in [4.78, 5) is 15.8. The summed E-state index contributed by atoms with van der Waals surface area (Å²) < 4.78 is 5.13. The van der Waals surface area contributed by atoms with Crippen molar-refractivity contribution < 1.29 is 9.53 Å². The number of hydrogen-bond donors (Lipinski definition) is 1. The Labute approximate surface area is 195 Å². The number of nitrogens with zero attached hydrogens (tertiary/aromatic N) is 1. The Kier molecular flexibility index (Phi) is 15.3. The Hall–Kier alpha value is -2.88. The van der Waals surface area contributed by atoms with Crippen LogP contribution in [0.2, 0.25) is 0 Å². The lowest BCUT2D eigenvalue weighted by atomic mass is 9.96. The maximum Gasteiger partial charge on any atom is 0.298 e. The Bertz CT molecular complexity index is 869. The number of aliphatic imine (C=N–C) groups is 1. The highest BCUT2D eigenvalue weighted by Crippen LogP contribution is 2.31. The number of aryl methyl sites for hydroxylation is 1. The third-order valence-corrected chi connectivity index (χ3v) is 4.73. The third kappa shape index (κ3) is 9.09. The first-order chi connectivity index (χ1) is 15.5. The molecule has 2 rings (SSSR count). The zero-order chi connectivity index (χ0) is 24.5. The molecule has 0 aromatic heterocycles. The van der Waals surface area contributed by atoms with Crippen molar-refractivity contribution in [1.82, 2.24) is 0 Å². The van der Waals surface area contributed by atoms with Gasteiger partial charge in [0.05, 0.1) is 11.4 Å². The molecule has 0 aliphatic rings. The molecule has 4 nitrogen and oxygen atoms in total. The summed E-state index contributed by atoms with van der Waals surface area (Å²) in [7, 11) is 1.80. The van der Waals surface area contributed by atoms with Crippen molar-refractivity contribution in [1.29, 1.82) is 0 Å². The molecule has 0 aliphatic carbocycles. The van der Waals surface area contributed by atoms with Crippen LogP contribution in [0, 0.1) is 6.92 Å². The molecule has 0 saturated heterocycles. The summed E-state index contributed by atoms with van der Waals surface area (Å²) in [6.07, 6.45) is 4.23. The van der Waals surface area contributed by atoms with E-state index in [4.69, 9.17) is 9.73 Å². The SMILES string of the molecule is CC.CC.CCCC(C)=N/C(=C\C(C)c1ccc(NC)c(OC=O)c1)c1ccccc1C. The van der Waals surface area contributed by atoms with E-state index in [1.807, 2.05) is 58.0 Å². The van der Waals surface area contributed by atoms with E-state index in [2.05, 4.69) is 51.2 Å². The predicted molar refractivity (Wildman–Crippen MR) is 141 cm³/mol. The molecule has 0 fully saturated rings. The van der Waals surface area contributed by atoms with Crippen LogP contribution in [0.4, 0.5) is 5.69 Å². The van der Waals surface area contributed by atoms with Crippen molar-refractivity contribution >= 4 is 23.6 Å². The van der Waals surface area contributed by atoms with Gasteiger partial charge in [-0.15, -0.1) is 0 Å². The van der Waals surface area contributed by atoms with Crippen molar-refractivity contribution in [2.45, 2.75) is 74.1 Å². The lowest BCUT2D eigenvalue weighted by molar-refractivity contribution is -0.120. The van der Waals surface area contributed by atoms with Crippen molar-refractivity contribution in [3.8, 4) is 5.75 Å². The fourth-order valence-corrected chi connectivity index (χ4v) is 3.18. The van der Waals surface area contributed by atoms with Crippen LogP contribution < -0.4 is 10.1 Å². The minimum absolute atomic E-state index is 0.104. The van der Waals surface area contributed by atoms with Crippen LogP contribution in [0.5, 0.6) is 5.75 Å². The highest BCUT2D eigenvalue weighted by molar-refractivity contribution is 5.88. The zero-order valence-corrected chi connectivity index (χ0v) is 21.5. The van der Waals surface area contributed by atoms with Gasteiger partial charge in [0.25, 0.3) is 6.47 Å². The minimum Gasteiger partial charge on any atom is -0.427 e. The molecule has 0 radical (unpaired) electrons. The summed E-state index contributed by atoms with van der Waals surface area (Å²) in [5.41, 5.74) is 6.28. The molecule has 1 unspecified atom stereocenters. The zero-order valence-electron chi connectivity index (χ0n) is 21.5. The van der Waals surface area contributed by atoms with Gasteiger partial charge >= 0.3 is 0 Å². The largest absolute Gasteiger partial charge is 0.427 e. The quantitative estimate of drug-likeness (QED) is 0.318. The van der Waals surface area contributed by atoms with E-state index in [0.717, 1.165) is 41.1 Å². The molecule has 2 aromatic carbocycles. The van der Waals surface area contributed by atoms with Gasteiger partial charge in [0.2, 0.25) is 0 Å². The molecule has 0 amide bonds. The maximum absolute atomic E-state index is 10.8. The third-order valence-electron chi connectivity index (χ3n) is 4.73. The molecule has 0 heterocycles. The van der Waals surface area contributed by atoms with Crippen molar-refractivity contribution in [3.63, 3.8) is 0 Å². The fourth-order valence-electron chi connectivity index (χ4n) is 3.18. The van der Waals surface area contributed by atoms with E-state index in [1.54, 1.807) is 7.05 Å². The van der Waals surface area contributed by atoms with Crippen LogP contribution in [0.25, 0.3) is 5.70 Å². The van der Waals surface area contributed by atoms with Crippen LogP contribution in [0.3, 0.4) is 0 Å². The highest BCUT2D eigenvalue weighted by atomic mass is 16.5. The average Bonchev–Trinajstić information content (AvgIpc) is 2.82. The van der Waals surface area contributed by atoms with Gasteiger partial charge in [-0.1, -0.05) is 84.4 Å². The Morgan fingerprint density at radius 2 is 1.78 bits per heavy atom. The molecular weight excluding hydrogens is 396 g/mol. The van der Waals surface area contributed by atoms with Gasteiger partial charge in [0.1, 0.15) is 0 Å². The van der Waals surface area contributed by atoms with Crippen LogP contribution in [0.1, 0.15) is 83.9 Å². The molecule has 0 aliphatic heterocycles. The Morgan fingerprint density at radius 3 is 2.34 bits per heavy atom. The van der Waals surface area contributed by atoms with Crippen LogP contribution in [-0.4, -0.2) is 19.2 Å². The highest BCUT2D eigenvalue weighted by Gasteiger charge is 2.12. The number of hydrogen-bond acceptors (Lipinski definition) is 4. The number of rotatable bonds is 9. The lowest BCUT2D eigenvalue weighted by Gasteiger charge is -2.15. The molecule has 2 aromatic rings. The van der Waals surface area contributed by atoms with Crippen molar-refractivity contribution in [2.24, 2.45) is 4.99 Å². The summed E-state index contributed by atoms with van der Waals surface area (Å²) in [6.45, 7) is 16.9. The molecule has 4 heteroatoms. The van der Waals surface area contributed by atoms with E-state index in [9.17, 15) is 4.79 Å². The monoisotopic (exact) mass is 438 g/mol. The Morgan fingerprint density at radius 1 is 1.12 bits per heavy atom. The standard InChI is InChI=1S/C24H30N2O2.2C2H6/c1-6-9-19(4)26-23(21-11-8-7-10-17(21)2)14-18(3)20-12-13-22(25-5)24(15-20)28-16-27;2*1-2/h7-8,10-16,18,25H,6,9H2,1-5H3;2*1-2H3/b23-14-,26-19?;;. The van der Waals surface area contributed by atoms with E-state index in [0.29, 0.717) is 12.2 Å². The van der Waals surface area contributed by atoms with Gasteiger partial charge in [0.15, 0.2) is 5.75 Å².